The molecule has 0 unspecified atom stereocenters. The lowest BCUT2D eigenvalue weighted by molar-refractivity contribution is -0.118. The van der Waals surface area contributed by atoms with E-state index in [0.29, 0.717) is 37.8 Å². The monoisotopic (exact) mass is 583 g/mol. The van der Waals surface area contributed by atoms with E-state index in [1.54, 1.807) is 55.6 Å². The van der Waals surface area contributed by atoms with Crippen LogP contribution in [0.4, 0.5) is 11.4 Å². The molecule has 35 heavy (non-hydrogen) atoms. The number of ether oxygens (including phenoxy) is 3. The van der Waals surface area contributed by atoms with Crippen molar-refractivity contribution in [3.05, 3.63) is 81.4 Å². The van der Waals surface area contributed by atoms with E-state index in [1.807, 2.05) is 46.9 Å². The summed E-state index contributed by atoms with van der Waals surface area (Å²) in [6, 6.07) is 21.1. The number of benzene rings is 3. The minimum absolute atomic E-state index is 0.0884. The molecular formula is C26H22IN3O5. The fourth-order valence-electron chi connectivity index (χ4n) is 3.01. The average Bonchev–Trinajstić information content (AvgIpc) is 2.87. The molecular weight excluding hydrogens is 561 g/mol. The van der Waals surface area contributed by atoms with Gasteiger partial charge in [-0.1, -0.05) is 18.2 Å². The van der Waals surface area contributed by atoms with E-state index in [0.717, 1.165) is 0 Å². The molecule has 0 saturated heterocycles. The molecule has 0 bridgehead atoms. The Bertz CT molecular complexity index is 1270. The maximum atomic E-state index is 12.6. The lowest BCUT2D eigenvalue weighted by Gasteiger charge is -2.14. The van der Waals surface area contributed by atoms with E-state index >= 15 is 0 Å². The van der Waals surface area contributed by atoms with Crippen molar-refractivity contribution < 1.29 is 23.8 Å². The van der Waals surface area contributed by atoms with Gasteiger partial charge in [0, 0.05) is 11.4 Å². The lowest BCUT2D eigenvalue weighted by Crippen LogP contribution is -2.20. The van der Waals surface area contributed by atoms with Gasteiger partial charge in [-0.2, -0.15) is 5.26 Å². The summed E-state index contributed by atoms with van der Waals surface area (Å²) in [6.45, 7) is -0.218. The first kappa shape index (κ1) is 25.6. The Hall–Kier alpha value is -4.04. The van der Waals surface area contributed by atoms with Crippen molar-refractivity contribution in [1.29, 1.82) is 5.26 Å². The number of nitrogens with one attached hydrogen (secondary N) is 2. The summed E-state index contributed by atoms with van der Waals surface area (Å²) in [5.74, 6) is 0.531. The van der Waals surface area contributed by atoms with Crippen molar-refractivity contribution in [2.45, 2.75) is 0 Å². The molecule has 178 valence electrons. The van der Waals surface area contributed by atoms with Crippen molar-refractivity contribution in [3.8, 4) is 23.3 Å². The molecule has 8 nitrogen and oxygen atoms in total. The quantitative estimate of drug-likeness (QED) is 0.211. The topological polar surface area (TPSA) is 110 Å². The molecule has 0 radical (unpaired) electrons. The summed E-state index contributed by atoms with van der Waals surface area (Å²) in [5, 5.41) is 15.0. The largest absolute Gasteiger partial charge is 0.497 e. The molecule has 0 atom stereocenters. The molecule has 0 saturated carbocycles. The van der Waals surface area contributed by atoms with Gasteiger partial charge in [-0.25, -0.2) is 0 Å². The van der Waals surface area contributed by atoms with Crippen LogP contribution < -0.4 is 24.8 Å². The van der Waals surface area contributed by atoms with Crippen molar-refractivity contribution in [2.75, 3.05) is 31.5 Å². The zero-order chi connectivity index (χ0) is 25.2. The number of nitriles is 1. The van der Waals surface area contributed by atoms with Gasteiger partial charge in [0.1, 0.15) is 17.4 Å². The molecule has 0 aliphatic carbocycles. The molecule has 0 aromatic heterocycles. The molecule has 2 N–H and O–H groups in total. The Labute approximate surface area is 216 Å². The highest BCUT2D eigenvalue weighted by molar-refractivity contribution is 14.1. The number of methoxy groups -OCH3 is 2. The van der Waals surface area contributed by atoms with Gasteiger partial charge in [0.15, 0.2) is 18.1 Å². The van der Waals surface area contributed by atoms with E-state index in [2.05, 4.69) is 10.6 Å². The zero-order valence-corrected chi connectivity index (χ0v) is 21.2. The van der Waals surface area contributed by atoms with Crippen LogP contribution in [0.3, 0.4) is 0 Å². The molecule has 3 aromatic carbocycles. The second-order valence-corrected chi connectivity index (χ2v) is 8.25. The molecule has 0 fully saturated rings. The molecule has 3 rings (SSSR count). The summed E-state index contributed by atoms with van der Waals surface area (Å²) in [7, 11) is 3.02. The fraction of sp³-hybridized carbons (Fsp3) is 0.115. The molecule has 9 heteroatoms. The first-order valence-corrected chi connectivity index (χ1v) is 11.4. The number of amides is 2. The standard InChI is InChI=1S/C26H22IN3O5/c1-33-21-10-8-20(9-11-21)30-26(32)18(15-28)12-17-13-22(27)25(23(14-17)34-2)35-16-24(31)29-19-6-4-3-5-7-19/h3-14H,16H2,1-2H3,(H,29,31)(H,30,32)/b18-12+. The second-order valence-electron chi connectivity index (χ2n) is 7.09. The molecule has 3 aromatic rings. The third-order valence-electron chi connectivity index (χ3n) is 4.68. The highest BCUT2D eigenvalue weighted by atomic mass is 127. The highest BCUT2D eigenvalue weighted by Gasteiger charge is 2.15. The fourth-order valence-corrected chi connectivity index (χ4v) is 3.79. The third kappa shape index (κ3) is 7.22. The van der Waals surface area contributed by atoms with Crippen molar-refractivity contribution in [2.24, 2.45) is 0 Å². The lowest BCUT2D eigenvalue weighted by atomic mass is 10.1. The number of carbonyl (C=O) groups excluding carboxylic acids is 2. The number of nitrogens with zero attached hydrogens (tertiary/aromatic N) is 1. The average molecular weight is 583 g/mol. The van der Waals surface area contributed by atoms with Crippen LogP contribution in [0.25, 0.3) is 6.08 Å². The first-order valence-electron chi connectivity index (χ1n) is 10.4. The van der Waals surface area contributed by atoms with Crippen molar-refractivity contribution >= 4 is 51.9 Å². The number of anilines is 2. The van der Waals surface area contributed by atoms with Gasteiger partial charge in [-0.3, -0.25) is 9.59 Å². The number of halogens is 1. The van der Waals surface area contributed by atoms with E-state index in [9.17, 15) is 14.9 Å². The summed E-state index contributed by atoms with van der Waals surface area (Å²) in [4.78, 5) is 24.8. The Kier molecular flexibility index (Phi) is 9.09. The van der Waals surface area contributed by atoms with Gasteiger partial charge in [0.2, 0.25) is 0 Å². The van der Waals surface area contributed by atoms with Crippen LogP contribution in [-0.2, 0) is 9.59 Å². The molecule has 0 aliphatic heterocycles. The molecule has 0 aliphatic rings. The Balaban J connectivity index is 1.73. The number of rotatable bonds is 9. The zero-order valence-electron chi connectivity index (χ0n) is 19.0. The first-order chi connectivity index (χ1) is 16.9. The predicted molar refractivity (Wildman–Crippen MR) is 141 cm³/mol. The van der Waals surface area contributed by atoms with Gasteiger partial charge < -0.3 is 24.8 Å². The Morgan fingerprint density at radius 1 is 0.971 bits per heavy atom. The second kappa shape index (κ2) is 12.4. The van der Waals surface area contributed by atoms with Crippen LogP contribution in [0.2, 0.25) is 0 Å². The van der Waals surface area contributed by atoms with Gasteiger partial charge >= 0.3 is 0 Å². The number of para-hydroxylation sites is 1. The van der Waals surface area contributed by atoms with Crippen LogP contribution in [0, 0.1) is 14.9 Å². The Morgan fingerprint density at radius 2 is 1.66 bits per heavy atom. The minimum atomic E-state index is -0.551. The van der Waals surface area contributed by atoms with Crippen LogP contribution >= 0.6 is 22.6 Å². The highest BCUT2D eigenvalue weighted by Crippen LogP contribution is 2.34. The van der Waals surface area contributed by atoms with Crippen LogP contribution in [0.5, 0.6) is 17.2 Å². The van der Waals surface area contributed by atoms with E-state index < -0.39 is 5.91 Å². The number of carbonyl (C=O) groups is 2. The van der Waals surface area contributed by atoms with Gasteiger partial charge in [-0.15, -0.1) is 0 Å². The van der Waals surface area contributed by atoms with E-state index in [1.165, 1.54) is 13.2 Å². The normalized spacial score (nSPS) is 10.6. The van der Waals surface area contributed by atoms with E-state index in [4.69, 9.17) is 14.2 Å². The Morgan fingerprint density at radius 3 is 2.29 bits per heavy atom. The number of hydrogen-bond donors (Lipinski definition) is 2. The minimum Gasteiger partial charge on any atom is -0.497 e. The van der Waals surface area contributed by atoms with Crippen LogP contribution in [0.1, 0.15) is 5.56 Å². The van der Waals surface area contributed by atoms with Gasteiger partial charge in [-0.05, 0) is 82.8 Å². The van der Waals surface area contributed by atoms with Crippen LogP contribution in [-0.4, -0.2) is 32.6 Å². The molecule has 2 amide bonds. The predicted octanol–water partition coefficient (Wildman–Crippen LogP) is 4.87. The maximum absolute atomic E-state index is 12.6. The van der Waals surface area contributed by atoms with Gasteiger partial charge in [0.05, 0.1) is 17.8 Å². The summed E-state index contributed by atoms with van der Waals surface area (Å²) in [6.07, 6.45) is 1.45. The summed E-state index contributed by atoms with van der Waals surface area (Å²) >= 11 is 2.05. The van der Waals surface area contributed by atoms with Gasteiger partial charge in [0.25, 0.3) is 11.8 Å². The third-order valence-corrected chi connectivity index (χ3v) is 5.48. The smallest absolute Gasteiger partial charge is 0.266 e. The SMILES string of the molecule is COc1ccc(NC(=O)/C(C#N)=C/c2cc(I)c(OCC(=O)Nc3ccccc3)c(OC)c2)cc1. The maximum Gasteiger partial charge on any atom is 0.266 e. The van der Waals surface area contributed by atoms with Crippen molar-refractivity contribution in [1.82, 2.24) is 0 Å². The molecule has 0 heterocycles. The summed E-state index contributed by atoms with van der Waals surface area (Å²) in [5.41, 5.74) is 1.67. The van der Waals surface area contributed by atoms with E-state index in [-0.39, 0.29) is 18.1 Å². The van der Waals surface area contributed by atoms with Crippen LogP contribution in [0.15, 0.2) is 72.3 Å². The number of hydrogen-bond acceptors (Lipinski definition) is 6. The summed E-state index contributed by atoms with van der Waals surface area (Å²) < 4.78 is 16.9. The molecule has 0 spiro atoms. The van der Waals surface area contributed by atoms with Crippen molar-refractivity contribution in [3.63, 3.8) is 0 Å².